The number of fused-ring (bicyclic) bond motifs is 1. The minimum atomic E-state index is -3.53. The molecule has 182 valence electrons. The van der Waals surface area contributed by atoms with Gasteiger partial charge in [0, 0.05) is 51.4 Å². The monoisotopic (exact) mass is 495 g/mol. The molecule has 0 saturated carbocycles. The molecule has 0 aliphatic carbocycles. The number of anilines is 1. The first-order valence-electron chi connectivity index (χ1n) is 11.1. The summed E-state index contributed by atoms with van der Waals surface area (Å²) < 4.78 is 36.4. The van der Waals surface area contributed by atoms with E-state index in [9.17, 15) is 13.2 Å². The van der Waals surface area contributed by atoms with Crippen LogP contribution in [0.2, 0.25) is 0 Å². The summed E-state index contributed by atoms with van der Waals surface area (Å²) in [6.45, 7) is 2.53. The molecule has 0 atom stereocenters. The van der Waals surface area contributed by atoms with Gasteiger partial charge in [0.1, 0.15) is 0 Å². The number of carbonyl (C=O) groups is 1. The van der Waals surface area contributed by atoms with E-state index in [0.29, 0.717) is 37.5 Å². The number of hydrogen-bond acceptors (Lipinski definition) is 8. The van der Waals surface area contributed by atoms with Crippen molar-refractivity contribution >= 4 is 21.7 Å². The van der Waals surface area contributed by atoms with Crippen molar-refractivity contribution in [2.24, 2.45) is 0 Å². The van der Waals surface area contributed by atoms with Crippen LogP contribution in [0.1, 0.15) is 10.4 Å². The topological polar surface area (TPSA) is 105 Å². The third-order valence-electron chi connectivity index (χ3n) is 6.09. The Kier molecular flexibility index (Phi) is 6.03. The molecule has 0 N–H and O–H groups in total. The maximum Gasteiger partial charge on any atom is 0.253 e. The average molecular weight is 496 g/mol. The van der Waals surface area contributed by atoms with Gasteiger partial charge in [-0.05, 0) is 54.6 Å². The smallest absolute Gasteiger partial charge is 0.253 e. The van der Waals surface area contributed by atoms with Gasteiger partial charge in [0.15, 0.2) is 17.3 Å². The zero-order valence-electron chi connectivity index (χ0n) is 19.4. The molecule has 1 amide bonds. The van der Waals surface area contributed by atoms with Crippen LogP contribution in [-0.4, -0.2) is 80.8 Å². The molecule has 2 aliphatic heterocycles. The van der Waals surface area contributed by atoms with Gasteiger partial charge in [-0.2, -0.15) is 0 Å². The van der Waals surface area contributed by atoms with Crippen molar-refractivity contribution in [3.63, 3.8) is 0 Å². The highest BCUT2D eigenvalue weighted by atomic mass is 32.2. The fourth-order valence-corrected chi connectivity index (χ4v) is 4.91. The molecule has 0 radical (unpaired) electrons. The van der Waals surface area contributed by atoms with E-state index in [2.05, 4.69) is 15.1 Å². The molecule has 2 aliphatic rings. The number of hydrogen-bond donors (Lipinski definition) is 0. The average Bonchev–Trinajstić information content (AvgIpc) is 3.36. The van der Waals surface area contributed by atoms with Gasteiger partial charge in [-0.3, -0.25) is 4.79 Å². The first-order valence-corrected chi connectivity index (χ1v) is 12.6. The SMILES string of the molecule is CN(C)S(=O)(=O)c1ccc(C(=O)N2CCN(c3ccc(-c4ccc5c(c4)OCO5)nn3)CC2)cc1. The lowest BCUT2D eigenvalue weighted by molar-refractivity contribution is 0.0746. The molecule has 2 aromatic carbocycles. The largest absolute Gasteiger partial charge is 0.454 e. The molecule has 0 spiro atoms. The van der Waals surface area contributed by atoms with Gasteiger partial charge in [-0.15, -0.1) is 10.2 Å². The summed E-state index contributed by atoms with van der Waals surface area (Å²) in [5.74, 6) is 2.05. The predicted octanol–water partition coefficient (Wildman–Crippen LogP) is 2.08. The maximum absolute atomic E-state index is 12.9. The van der Waals surface area contributed by atoms with Crippen LogP contribution in [0.25, 0.3) is 11.3 Å². The Hall–Kier alpha value is -3.70. The standard InChI is InChI=1S/C24H25N5O5S/c1-27(2)35(31,32)19-6-3-17(4-7-19)24(30)29-13-11-28(12-14-29)23-10-8-20(25-26-23)18-5-9-21-22(15-18)34-16-33-21/h3-10,15H,11-14,16H2,1-2H3. The summed E-state index contributed by atoms with van der Waals surface area (Å²) in [7, 11) is -0.578. The van der Waals surface area contributed by atoms with E-state index >= 15 is 0 Å². The summed E-state index contributed by atoms with van der Waals surface area (Å²) in [6, 6.07) is 15.6. The number of piperazine rings is 1. The van der Waals surface area contributed by atoms with Crippen LogP contribution in [0.3, 0.4) is 0 Å². The molecule has 1 saturated heterocycles. The second kappa shape index (κ2) is 9.16. The van der Waals surface area contributed by atoms with E-state index in [0.717, 1.165) is 27.1 Å². The maximum atomic E-state index is 12.9. The lowest BCUT2D eigenvalue weighted by Gasteiger charge is -2.35. The Bertz CT molecular complexity index is 1340. The van der Waals surface area contributed by atoms with E-state index in [1.807, 2.05) is 30.3 Å². The molecular weight excluding hydrogens is 470 g/mol. The molecule has 1 fully saturated rings. The molecule has 35 heavy (non-hydrogen) atoms. The minimum Gasteiger partial charge on any atom is -0.454 e. The second-order valence-electron chi connectivity index (χ2n) is 8.44. The Morgan fingerprint density at radius 2 is 1.60 bits per heavy atom. The number of rotatable bonds is 5. The van der Waals surface area contributed by atoms with Gasteiger partial charge in [0.2, 0.25) is 16.8 Å². The number of carbonyl (C=O) groups excluding carboxylic acids is 1. The molecule has 3 heterocycles. The van der Waals surface area contributed by atoms with Crippen molar-refractivity contribution in [1.82, 2.24) is 19.4 Å². The van der Waals surface area contributed by atoms with Crippen LogP contribution in [0, 0.1) is 0 Å². The van der Waals surface area contributed by atoms with Crippen LogP contribution in [0.4, 0.5) is 5.82 Å². The highest BCUT2D eigenvalue weighted by molar-refractivity contribution is 7.89. The third-order valence-corrected chi connectivity index (χ3v) is 7.92. The van der Waals surface area contributed by atoms with E-state index in [1.54, 1.807) is 17.0 Å². The van der Waals surface area contributed by atoms with Crippen molar-refractivity contribution in [2.75, 3.05) is 52.0 Å². The van der Waals surface area contributed by atoms with Gasteiger partial charge in [-0.25, -0.2) is 12.7 Å². The summed E-state index contributed by atoms with van der Waals surface area (Å²) in [4.78, 5) is 16.9. The number of amides is 1. The molecule has 0 bridgehead atoms. The number of nitrogens with zero attached hydrogens (tertiary/aromatic N) is 5. The molecule has 11 heteroatoms. The predicted molar refractivity (Wildman–Crippen MR) is 129 cm³/mol. The normalized spacial score (nSPS) is 15.5. The highest BCUT2D eigenvalue weighted by Gasteiger charge is 2.24. The van der Waals surface area contributed by atoms with Gasteiger partial charge in [0.05, 0.1) is 10.6 Å². The molecule has 0 unspecified atom stereocenters. The number of ether oxygens (including phenoxy) is 2. The van der Waals surface area contributed by atoms with Crippen molar-refractivity contribution < 1.29 is 22.7 Å². The van der Waals surface area contributed by atoms with Crippen molar-refractivity contribution in [3.05, 3.63) is 60.2 Å². The molecule has 10 nitrogen and oxygen atoms in total. The van der Waals surface area contributed by atoms with Crippen molar-refractivity contribution in [3.8, 4) is 22.8 Å². The number of benzene rings is 2. The van der Waals surface area contributed by atoms with Crippen LogP contribution in [0.5, 0.6) is 11.5 Å². The second-order valence-corrected chi connectivity index (χ2v) is 10.6. The van der Waals surface area contributed by atoms with Crippen molar-refractivity contribution in [1.29, 1.82) is 0 Å². The molecule has 1 aromatic heterocycles. The van der Waals surface area contributed by atoms with E-state index < -0.39 is 10.0 Å². The van der Waals surface area contributed by atoms with Gasteiger partial charge in [0.25, 0.3) is 5.91 Å². The molecular formula is C24H25N5O5S. The quantitative estimate of drug-likeness (QED) is 0.530. The Morgan fingerprint density at radius 1 is 0.886 bits per heavy atom. The third kappa shape index (κ3) is 4.52. The Labute approximate surface area is 203 Å². The van der Waals surface area contributed by atoms with E-state index in [1.165, 1.54) is 26.2 Å². The van der Waals surface area contributed by atoms with Gasteiger partial charge >= 0.3 is 0 Å². The number of sulfonamides is 1. The summed E-state index contributed by atoms with van der Waals surface area (Å²) >= 11 is 0. The summed E-state index contributed by atoms with van der Waals surface area (Å²) in [5.41, 5.74) is 2.10. The fraction of sp³-hybridized carbons (Fsp3) is 0.292. The van der Waals surface area contributed by atoms with Gasteiger partial charge in [-0.1, -0.05) is 0 Å². The van der Waals surface area contributed by atoms with Gasteiger partial charge < -0.3 is 19.3 Å². The van der Waals surface area contributed by atoms with Crippen molar-refractivity contribution in [2.45, 2.75) is 4.90 Å². The van der Waals surface area contributed by atoms with E-state index in [-0.39, 0.29) is 17.6 Å². The Balaban J connectivity index is 1.20. The highest BCUT2D eigenvalue weighted by Crippen LogP contribution is 2.35. The number of aromatic nitrogens is 2. The first-order chi connectivity index (χ1) is 16.8. The molecule has 3 aromatic rings. The van der Waals surface area contributed by atoms with Crippen LogP contribution < -0.4 is 14.4 Å². The summed E-state index contributed by atoms with van der Waals surface area (Å²) in [5, 5.41) is 8.76. The Morgan fingerprint density at radius 3 is 2.26 bits per heavy atom. The molecule has 5 rings (SSSR count). The zero-order chi connectivity index (χ0) is 24.6. The van der Waals surface area contributed by atoms with Crippen LogP contribution in [-0.2, 0) is 10.0 Å². The lowest BCUT2D eigenvalue weighted by Crippen LogP contribution is -2.49. The zero-order valence-corrected chi connectivity index (χ0v) is 20.2. The lowest BCUT2D eigenvalue weighted by atomic mass is 10.1. The first kappa shape index (κ1) is 23.1. The fourth-order valence-electron chi connectivity index (χ4n) is 4.01. The van der Waals surface area contributed by atoms with E-state index in [4.69, 9.17) is 9.47 Å². The van der Waals surface area contributed by atoms with Crippen LogP contribution >= 0.6 is 0 Å². The van der Waals surface area contributed by atoms with Crippen LogP contribution in [0.15, 0.2) is 59.5 Å². The summed E-state index contributed by atoms with van der Waals surface area (Å²) in [6.07, 6.45) is 0. The minimum absolute atomic E-state index is 0.123.